The highest BCUT2D eigenvalue weighted by Crippen LogP contribution is 2.42. The first-order chi connectivity index (χ1) is 42.7. The summed E-state index contributed by atoms with van der Waals surface area (Å²) in [6.07, 6.45) is 15.6. The molecule has 480 valence electrons. The second-order valence-electron chi connectivity index (χ2n) is 25.8. The Hall–Kier alpha value is -7.58. The third-order valence-corrected chi connectivity index (χ3v) is 19.8. The van der Waals surface area contributed by atoms with Crippen LogP contribution in [0.4, 0.5) is 37.2 Å². The molecule has 0 radical (unpaired) electrons. The maximum absolute atomic E-state index is 15.1. The highest BCUT2D eigenvalue weighted by atomic mass is 19.1. The lowest BCUT2D eigenvalue weighted by molar-refractivity contribution is -0.124. The molecular formula is C76H98F2N8O4. The standard InChI is InChI=1S/2C37H45FN4O2.2CH4/c1-25-13-18-30(23-33(25)40-19-4-5-20-40)39-36(43)31-11-8-22-42(37(44)34-26(2)9-6-12-32(34)38)35(31)29-16-14-28(15-17-29)24-41-21-7-10-27(41)3;1-3-26-15-20-30(24-33(26)41-21-6-7-22-41)40-36(43)31-13-9-23-42(37(44)34-25(2)10-8-14-32(34)38)35(31)27-16-18-29(19-17-27)39-28-11-4-5-12-28;;/h6,9,12-18,23,27,31,35H,4-5,7-8,10-11,19-22,24H2,1-3H3,(H,39,43);8,10,14-20,24,28,31,35,39H,3-7,9,11-13,21-23H2,1-2H3,(H,40,43);2*1H4/t27?,31-,35-;31-,35-;;/m00../s1. The Morgan fingerprint density at radius 1 is 0.489 bits per heavy atom. The molecule has 5 saturated heterocycles. The van der Waals surface area contributed by atoms with Gasteiger partial charge in [0.25, 0.3) is 11.8 Å². The fraction of sp³-hybridized carbons (Fsp3) is 0.474. The molecule has 6 aliphatic rings. The van der Waals surface area contributed by atoms with Crippen LogP contribution in [0.2, 0.25) is 0 Å². The van der Waals surface area contributed by atoms with Gasteiger partial charge in [0, 0.05) is 86.3 Å². The predicted molar refractivity (Wildman–Crippen MR) is 364 cm³/mol. The van der Waals surface area contributed by atoms with Crippen LogP contribution in [-0.4, -0.2) is 96.2 Å². The van der Waals surface area contributed by atoms with Gasteiger partial charge in [0.15, 0.2) is 0 Å². The molecule has 5 aliphatic heterocycles. The SMILES string of the molecule is C.C.CCc1ccc(NC(=O)[C@H]2CCCN(C(=O)c3c(C)cccc3F)[C@H]2c2ccc(NC3CCCC3)cc2)cc1N1CCCC1.Cc1ccc(NC(=O)[C@H]2CCCN(C(=O)c3c(C)cccc3F)[C@H]2c2ccc(CN3CCCC3C)cc2)cc1N1CCCC1. The van der Waals surface area contributed by atoms with Crippen molar-refractivity contribution >= 4 is 52.1 Å². The quantitative estimate of drug-likeness (QED) is 0.0930. The minimum Gasteiger partial charge on any atom is -0.382 e. The van der Waals surface area contributed by atoms with Crippen molar-refractivity contribution in [2.24, 2.45) is 11.8 Å². The zero-order valence-corrected chi connectivity index (χ0v) is 52.4. The highest BCUT2D eigenvalue weighted by molar-refractivity contribution is 5.99. The summed E-state index contributed by atoms with van der Waals surface area (Å²) in [5.74, 6) is -2.93. The lowest BCUT2D eigenvalue weighted by Gasteiger charge is -2.41. The average Bonchev–Trinajstić information content (AvgIpc) is 1.03. The predicted octanol–water partition coefficient (Wildman–Crippen LogP) is 16.4. The summed E-state index contributed by atoms with van der Waals surface area (Å²) in [4.78, 5) is 67.1. The zero-order chi connectivity index (χ0) is 61.4. The molecule has 5 heterocycles. The molecule has 6 aromatic rings. The van der Waals surface area contributed by atoms with E-state index in [0.29, 0.717) is 62.0 Å². The molecule has 4 amide bonds. The van der Waals surface area contributed by atoms with Gasteiger partial charge in [-0.2, -0.15) is 0 Å². The number of carbonyl (C=O) groups is 4. The van der Waals surface area contributed by atoms with Gasteiger partial charge in [0.2, 0.25) is 11.8 Å². The third kappa shape index (κ3) is 15.1. The maximum atomic E-state index is 15.1. The van der Waals surface area contributed by atoms with Crippen molar-refractivity contribution in [3.05, 3.63) is 183 Å². The lowest BCUT2D eigenvalue weighted by atomic mass is 9.83. The molecule has 5 atom stereocenters. The number of hydrogen-bond acceptors (Lipinski definition) is 8. The van der Waals surface area contributed by atoms with E-state index in [1.54, 1.807) is 47.9 Å². The summed E-state index contributed by atoms with van der Waals surface area (Å²) in [6.45, 7) is 17.1. The molecule has 12 nitrogen and oxygen atoms in total. The van der Waals surface area contributed by atoms with E-state index in [1.165, 1.54) is 98.7 Å². The van der Waals surface area contributed by atoms with Gasteiger partial charge in [-0.15, -0.1) is 0 Å². The Balaban J connectivity index is 0.000000209. The number of aryl methyl sites for hydroxylation is 4. The maximum Gasteiger partial charge on any atom is 0.257 e. The molecule has 0 spiro atoms. The summed E-state index contributed by atoms with van der Waals surface area (Å²) in [5, 5.41) is 10.1. The van der Waals surface area contributed by atoms with Gasteiger partial charge in [-0.3, -0.25) is 24.1 Å². The van der Waals surface area contributed by atoms with Gasteiger partial charge < -0.3 is 35.6 Å². The van der Waals surface area contributed by atoms with Crippen molar-refractivity contribution in [2.75, 3.05) is 71.6 Å². The van der Waals surface area contributed by atoms with Crippen LogP contribution < -0.4 is 25.8 Å². The molecular weight excluding hydrogens is 1130 g/mol. The summed E-state index contributed by atoms with van der Waals surface area (Å²) in [6, 6.07) is 38.4. The van der Waals surface area contributed by atoms with E-state index >= 15 is 8.78 Å². The van der Waals surface area contributed by atoms with Crippen LogP contribution in [0.15, 0.2) is 121 Å². The molecule has 90 heavy (non-hydrogen) atoms. The molecule has 3 N–H and O–H groups in total. The largest absolute Gasteiger partial charge is 0.382 e. The van der Waals surface area contributed by atoms with Gasteiger partial charge in [0.05, 0.1) is 35.0 Å². The number of nitrogens with one attached hydrogen (secondary N) is 3. The topological polar surface area (TPSA) is 121 Å². The first-order valence-corrected chi connectivity index (χ1v) is 32.9. The van der Waals surface area contributed by atoms with Gasteiger partial charge in [-0.1, -0.05) is 107 Å². The van der Waals surface area contributed by atoms with Gasteiger partial charge in [-0.25, -0.2) is 8.78 Å². The van der Waals surface area contributed by atoms with Crippen LogP contribution in [0.5, 0.6) is 0 Å². The number of halogens is 2. The number of likely N-dealkylation sites (tertiary alicyclic amines) is 3. The number of carbonyl (C=O) groups excluding carboxylic acids is 4. The number of benzene rings is 6. The van der Waals surface area contributed by atoms with Crippen molar-refractivity contribution in [3.63, 3.8) is 0 Å². The summed E-state index contributed by atoms with van der Waals surface area (Å²) >= 11 is 0. The van der Waals surface area contributed by atoms with Gasteiger partial charge >= 0.3 is 0 Å². The minimum absolute atomic E-state index is 0. The summed E-state index contributed by atoms with van der Waals surface area (Å²) in [7, 11) is 0. The van der Waals surface area contributed by atoms with E-state index < -0.39 is 35.6 Å². The number of amides is 4. The number of nitrogens with zero attached hydrogens (tertiary/aromatic N) is 5. The molecule has 1 aliphatic carbocycles. The average molecular weight is 1230 g/mol. The van der Waals surface area contributed by atoms with Gasteiger partial charge in [-0.05, 0) is 205 Å². The van der Waals surface area contributed by atoms with E-state index in [2.05, 4.69) is 112 Å². The first kappa shape index (κ1) is 66.8. The van der Waals surface area contributed by atoms with E-state index in [9.17, 15) is 19.2 Å². The molecule has 0 bridgehead atoms. The van der Waals surface area contributed by atoms with Crippen molar-refractivity contribution in [2.45, 2.75) is 176 Å². The molecule has 1 saturated carbocycles. The Bertz CT molecular complexity index is 3390. The second kappa shape index (κ2) is 30.5. The molecule has 6 aromatic carbocycles. The number of hydrogen-bond donors (Lipinski definition) is 3. The van der Waals surface area contributed by atoms with Crippen molar-refractivity contribution in [1.82, 2.24) is 14.7 Å². The summed E-state index contributed by atoms with van der Waals surface area (Å²) in [5.41, 5.74) is 11.8. The van der Waals surface area contributed by atoms with Crippen molar-refractivity contribution < 1.29 is 28.0 Å². The molecule has 0 aromatic heterocycles. The Kier molecular flexibility index (Phi) is 22.6. The molecule has 6 fully saturated rings. The minimum atomic E-state index is -0.526. The van der Waals surface area contributed by atoms with Crippen LogP contribution >= 0.6 is 0 Å². The Morgan fingerprint density at radius 2 is 0.956 bits per heavy atom. The van der Waals surface area contributed by atoms with Crippen LogP contribution in [0.1, 0.15) is 190 Å². The van der Waals surface area contributed by atoms with E-state index in [1.807, 2.05) is 24.3 Å². The molecule has 1 unspecified atom stereocenters. The normalized spacial score (nSPS) is 21.0. The number of piperidine rings is 2. The van der Waals surface area contributed by atoms with Crippen LogP contribution in [0.3, 0.4) is 0 Å². The third-order valence-electron chi connectivity index (χ3n) is 19.8. The zero-order valence-electron chi connectivity index (χ0n) is 52.4. The number of rotatable bonds is 15. The Morgan fingerprint density at radius 3 is 1.44 bits per heavy atom. The van der Waals surface area contributed by atoms with E-state index in [0.717, 1.165) is 79.6 Å². The van der Waals surface area contributed by atoms with Crippen LogP contribution in [-0.2, 0) is 22.6 Å². The highest BCUT2D eigenvalue weighted by Gasteiger charge is 2.43. The molecule has 12 rings (SSSR count). The van der Waals surface area contributed by atoms with Crippen LogP contribution in [0, 0.1) is 44.2 Å². The monoisotopic (exact) mass is 1220 g/mol. The smallest absolute Gasteiger partial charge is 0.257 e. The van der Waals surface area contributed by atoms with E-state index in [-0.39, 0.29) is 49.6 Å². The van der Waals surface area contributed by atoms with Crippen LogP contribution in [0.25, 0.3) is 0 Å². The number of anilines is 5. The lowest BCUT2D eigenvalue weighted by Crippen LogP contribution is -2.46. The van der Waals surface area contributed by atoms with Gasteiger partial charge in [0.1, 0.15) is 11.6 Å². The van der Waals surface area contributed by atoms with E-state index in [4.69, 9.17) is 0 Å². The fourth-order valence-electron chi connectivity index (χ4n) is 14.9. The van der Waals surface area contributed by atoms with Crippen molar-refractivity contribution in [3.8, 4) is 0 Å². The fourth-order valence-corrected chi connectivity index (χ4v) is 14.9. The Labute approximate surface area is 535 Å². The first-order valence-electron chi connectivity index (χ1n) is 32.9. The van der Waals surface area contributed by atoms with Crippen molar-refractivity contribution in [1.29, 1.82) is 0 Å². The second-order valence-corrected chi connectivity index (χ2v) is 25.8. The summed E-state index contributed by atoms with van der Waals surface area (Å²) < 4.78 is 30.1. The molecule has 14 heteroatoms.